The predicted molar refractivity (Wildman–Crippen MR) is 113 cm³/mol. The molecule has 4 N–H and O–H groups in total. The first kappa shape index (κ1) is 23.5. The van der Waals surface area contributed by atoms with Crippen molar-refractivity contribution in [2.24, 2.45) is 10.7 Å². The Morgan fingerprint density at radius 1 is 1.23 bits per heavy atom. The number of alkyl carbamates (subject to hydrolysis) is 1. The van der Waals surface area contributed by atoms with Crippen LogP contribution < -0.4 is 15.8 Å². The molecule has 0 saturated carbocycles. The molecule has 1 heterocycles. The number of likely N-dealkylation sites (tertiary alicyclic amines) is 1. The first-order valence-electron chi connectivity index (χ1n) is 9.78. The molecule has 11 heteroatoms. The Bertz CT molecular complexity index is 838. The number of nitrogens with zero attached hydrogens (tertiary/aromatic N) is 2. The highest BCUT2D eigenvalue weighted by Gasteiger charge is 2.27. The van der Waals surface area contributed by atoms with Gasteiger partial charge in [0.25, 0.3) is 0 Å². The summed E-state index contributed by atoms with van der Waals surface area (Å²) in [5, 5.41) is 2.65. The zero-order valence-corrected chi connectivity index (χ0v) is 17.9. The Morgan fingerprint density at radius 3 is 2.53 bits per heavy atom. The van der Waals surface area contributed by atoms with Crippen LogP contribution in [0.25, 0.3) is 0 Å². The number of hydrogen-bond donors (Lipinski definition) is 3. The maximum atomic E-state index is 12.8. The molecule has 1 aromatic carbocycles. The highest BCUT2D eigenvalue weighted by molar-refractivity contribution is 7.89. The van der Waals surface area contributed by atoms with E-state index in [4.69, 9.17) is 10.5 Å². The summed E-state index contributed by atoms with van der Waals surface area (Å²) in [7, 11) is -3.49. The molecule has 166 valence electrons. The van der Waals surface area contributed by atoms with Gasteiger partial charge in [-0.2, -0.15) is 0 Å². The van der Waals surface area contributed by atoms with E-state index in [1.807, 2.05) is 30.3 Å². The minimum Gasteiger partial charge on any atom is -0.445 e. The number of aliphatic imine (C=N–C) groups is 1. The Hall–Kier alpha value is -2.82. The van der Waals surface area contributed by atoms with Gasteiger partial charge in [-0.15, -0.1) is 0 Å². The fourth-order valence-corrected chi connectivity index (χ4v) is 3.48. The van der Waals surface area contributed by atoms with Gasteiger partial charge in [-0.3, -0.25) is 14.5 Å². The summed E-state index contributed by atoms with van der Waals surface area (Å²) >= 11 is 0. The second-order valence-corrected chi connectivity index (χ2v) is 8.82. The highest BCUT2D eigenvalue weighted by atomic mass is 32.2. The van der Waals surface area contributed by atoms with Gasteiger partial charge in [-0.05, 0) is 31.2 Å². The van der Waals surface area contributed by atoms with Crippen LogP contribution in [0.1, 0.15) is 31.2 Å². The Labute approximate surface area is 176 Å². The maximum absolute atomic E-state index is 12.8. The van der Waals surface area contributed by atoms with Crippen LogP contribution >= 0.6 is 0 Å². The van der Waals surface area contributed by atoms with Crippen molar-refractivity contribution in [1.82, 2.24) is 14.9 Å². The number of sulfonamides is 1. The Balaban J connectivity index is 1.89. The third-order valence-electron chi connectivity index (χ3n) is 4.44. The molecule has 0 unspecified atom stereocenters. The van der Waals surface area contributed by atoms with Crippen molar-refractivity contribution in [3.63, 3.8) is 0 Å². The van der Waals surface area contributed by atoms with Crippen molar-refractivity contribution >= 4 is 28.0 Å². The molecule has 0 aliphatic carbocycles. The van der Waals surface area contributed by atoms with E-state index in [9.17, 15) is 18.0 Å². The Kier molecular flexibility index (Phi) is 8.90. The zero-order valence-electron chi connectivity index (χ0n) is 17.0. The molecule has 0 bridgehead atoms. The fraction of sp³-hybridized carbons (Fsp3) is 0.526. The largest absolute Gasteiger partial charge is 0.445 e. The normalized spacial score (nSPS) is 15.5. The summed E-state index contributed by atoms with van der Waals surface area (Å²) in [4.78, 5) is 30.6. The summed E-state index contributed by atoms with van der Waals surface area (Å²) in [6.07, 6.45) is 2.94. The van der Waals surface area contributed by atoms with Crippen molar-refractivity contribution in [2.45, 2.75) is 38.3 Å². The van der Waals surface area contributed by atoms with E-state index in [-0.39, 0.29) is 25.0 Å². The van der Waals surface area contributed by atoms with Gasteiger partial charge in [0.1, 0.15) is 12.6 Å². The number of carbonyl (C=O) groups is 2. The van der Waals surface area contributed by atoms with Gasteiger partial charge in [0.05, 0.1) is 6.26 Å². The molecule has 0 aromatic heterocycles. The number of nitrogens with two attached hydrogens (primary N) is 1. The first-order valence-corrected chi connectivity index (χ1v) is 11.7. The average molecular weight is 440 g/mol. The Morgan fingerprint density at radius 2 is 1.90 bits per heavy atom. The quantitative estimate of drug-likeness (QED) is 0.291. The molecule has 1 aliphatic rings. The lowest BCUT2D eigenvalue weighted by atomic mass is 10.1. The van der Waals surface area contributed by atoms with Gasteiger partial charge in [-0.1, -0.05) is 30.3 Å². The van der Waals surface area contributed by atoms with Gasteiger partial charge >= 0.3 is 6.09 Å². The van der Waals surface area contributed by atoms with E-state index in [1.54, 1.807) is 4.90 Å². The van der Waals surface area contributed by atoms with Gasteiger partial charge in [0.2, 0.25) is 21.9 Å². The van der Waals surface area contributed by atoms with Gasteiger partial charge in [0.15, 0.2) is 0 Å². The monoisotopic (exact) mass is 439 g/mol. The van der Waals surface area contributed by atoms with Crippen LogP contribution in [0.4, 0.5) is 4.79 Å². The summed E-state index contributed by atoms with van der Waals surface area (Å²) < 4.78 is 29.5. The highest BCUT2D eigenvalue weighted by Crippen LogP contribution is 2.12. The van der Waals surface area contributed by atoms with E-state index in [0.29, 0.717) is 25.9 Å². The summed E-state index contributed by atoms with van der Waals surface area (Å²) in [5.41, 5.74) is 6.35. The first-order chi connectivity index (χ1) is 14.2. The third kappa shape index (κ3) is 8.68. The van der Waals surface area contributed by atoms with Crippen molar-refractivity contribution in [2.75, 3.05) is 25.9 Å². The van der Waals surface area contributed by atoms with E-state index >= 15 is 0 Å². The fourth-order valence-electron chi connectivity index (χ4n) is 3.04. The number of amides is 2. The number of hydrogen-bond acceptors (Lipinski definition) is 6. The van der Waals surface area contributed by atoms with Gasteiger partial charge in [-0.25, -0.2) is 13.2 Å². The molecule has 10 nitrogen and oxygen atoms in total. The zero-order chi connectivity index (χ0) is 22.0. The molecule has 1 saturated heterocycles. The summed E-state index contributed by atoms with van der Waals surface area (Å²) in [6.45, 7) is 1.65. The van der Waals surface area contributed by atoms with Crippen molar-refractivity contribution < 1.29 is 22.7 Å². The molecule has 1 aliphatic heterocycles. The van der Waals surface area contributed by atoms with Crippen LogP contribution in [0.3, 0.4) is 0 Å². The number of rotatable bonds is 9. The molecule has 2 rings (SSSR count). The average Bonchev–Trinajstić information content (AvgIpc) is 3.22. The predicted octanol–water partition coefficient (Wildman–Crippen LogP) is 0.548. The molecule has 2 amide bonds. The van der Waals surface area contributed by atoms with Crippen LogP contribution in [-0.2, 0) is 26.2 Å². The molecule has 30 heavy (non-hydrogen) atoms. The molecule has 0 spiro atoms. The minimum absolute atomic E-state index is 0.106. The number of nitrogens with one attached hydrogen (secondary N) is 2. The van der Waals surface area contributed by atoms with Crippen LogP contribution in [0.5, 0.6) is 0 Å². The minimum atomic E-state index is -3.49. The third-order valence-corrected chi connectivity index (χ3v) is 5.02. The van der Waals surface area contributed by atoms with Crippen LogP contribution in [0, 0.1) is 0 Å². The smallest absolute Gasteiger partial charge is 0.408 e. The lowest BCUT2D eigenvalue weighted by Gasteiger charge is -2.23. The van der Waals surface area contributed by atoms with E-state index in [1.165, 1.54) is 0 Å². The number of guanidine groups is 1. The van der Waals surface area contributed by atoms with Crippen LogP contribution in [0.2, 0.25) is 0 Å². The second kappa shape index (κ2) is 11.4. The van der Waals surface area contributed by atoms with Crippen LogP contribution in [-0.4, -0.2) is 63.2 Å². The van der Waals surface area contributed by atoms with Crippen LogP contribution in [0.15, 0.2) is 35.3 Å². The summed E-state index contributed by atoms with van der Waals surface area (Å²) in [5.74, 6) is -0.370. The number of carbonyl (C=O) groups excluding carboxylic acids is 2. The van der Waals surface area contributed by atoms with E-state index in [2.05, 4.69) is 15.0 Å². The molecular weight excluding hydrogens is 410 g/mol. The second-order valence-electron chi connectivity index (χ2n) is 7.07. The SMILES string of the molecule is CS(=O)(=O)NC(N)=NCCC[C@H](NC(=O)OCc1ccccc1)C(=O)N1CCCC1. The maximum Gasteiger partial charge on any atom is 0.408 e. The summed E-state index contributed by atoms with van der Waals surface area (Å²) in [6, 6.07) is 8.50. The lowest BCUT2D eigenvalue weighted by molar-refractivity contribution is -0.132. The van der Waals surface area contributed by atoms with Crippen molar-refractivity contribution in [1.29, 1.82) is 0 Å². The molecular formula is C19H29N5O5S. The van der Waals surface area contributed by atoms with Crippen molar-refractivity contribution in [3.8, 4) is 0 Å². The topological polar surface area (TPSA) is 143 Å². The molecule has 0 radical (unpaired) electrons. The molecule has 1 atom stereocenters. The van der Waals surface area contributed by atoms with Crippen molar-refractivity contribution in [3.05, 3.63) is 35.9 Å². The lowest BCUT2D eigenvalue weighted by Crippen LogP contribution is -2.48. The number of ether oxygens (including phenoxy) is 1. The van der Waals surface area contributed by atoms with Gasteiger partial charge in [0, 0.05) is 19.6 Å². The molecule has 1 fully saturated rings. The van der Waals surface area contributed by atoms with E-state index < -0.39 is 22.2 Å². The van der Waals surface area contributed by atoms with Gasteiger partial charge < -0.3 is 20.7 Å². The number of benzene rings is 1. The van der Waals surface area contributed by atoms with E-state index in [0.717, 1.165) is 24.7 Å². The molecule has 1 aromatic rings. The standard InChI is InChI=1S/C19H29N5O5S/c1-30(27,28)23-18(20)21-11-7-10-16(17(25)24-12-5-6-13-24)22-19(26)29-14-15-8-3-2-4-9-15/h2-4,8-9,16H,5-7,10-14H2,1H3,(H,22,26)(H3,20,21,23)/t16-/m0/s1.